The highest BCUT2D eigenvalue weighted by molar-refractivity contribution is 6.29. The molecular weight excluding hydrogens is 158 g/mol. The molecule has 0 rings (SSSR count). The molecule has 11 heavy (non-hydrogen) atoms. The maximum Gasteiger partial charge on any atom is 0.125 e. The Morgan fingerprint density at radius 2 is 2.36 bits per heavy atom. The number of aliphatic imine (C=N–C) groups is 1. The third-order valence-electron chi connectivity index (χ3n) is 1.37. The van der Waals surface area contributed by atoms with E-state index in [1.165, 1.54) is 0 Å². The Morgan fingerprint density at radius 3 is 2.82 bits per heavy atom. The van der Waals surface area contributed by atoms with Crippen molar-refractivity contribution in [2.24, 2.45) is 10.9 Å². The van der Waals surface area contributed by atoms with Crippen LogP contribution in [0.4, 0.5) is 0 Å². The van der Waals surface area contributed by atoms with Gasteiger partial charge in [-0.15, -0.1) is 0 Å². The quantitative estimate of drug-likeness (QED) is 0.454. The number of hydrogen-bond acceptors (Lipinski definition) is 1. The van der Waals surface area contributed by atoms with E-state index >= 15 is 0 Å². The molecule has 1 nitrogen and oxygen atoms in total. The van der Waals surface area contributed by atoms with Gasteiger partial charge in [0.15, 0.2) is 0 Å². The third-order valence-corrected chi connectivity index (χ3v) is 1.59. The highest BCUT2D eigenvalue weighted by atomic mass is 35.5. The fourth-order valence-electron chi connectivity index (χ4n) is 0.520. The van der Waals surface area contributed by atoms with Gasteiger partial charge < -0.3 is 0 Å². The molecule has 0 saturated heterocycles. The molecule has 0 heterocycles. The SMILES string of the molecule is C=C/C=N\C(Cl)=C/C(C)CC. The van der Waals surface area contributed by atoms with Crippen molar-refractivity contribution in [1.29, 1.82) is 0 Å². The topological polar surface area (TPSA) is 12.4 Å². The van der Waals surface area contributed by atoms with Crippen molar-refractivity contribution in [1.82, 2.24) is 0 Å². The second kappa shape index (κ2) is 6.17. The zero-order valence-corrected chi connectivity index (χ0v) is 7.80. The van der Waals surface area contributed by atoms with Gasteiger partial charge in [-0.2, -0.15) is 0 Å². The highest BCUT2D eigenvalue weighted by Gasteiger charge is 1.93. The minimum atomic E-state index is 0.490. The molecule has 0 aliphatic rings. The van der Waals surface area contributed by atoms with Crippen LogP contribution in [0.3, 0.4) is 0 Å². The minimum absolute atomic E-state index is 0.490. The zero-order valence-electron chi connectivity index (χ0n) is 7.05. The van der Waals surface area contributed by atoms with Gasteiger partial charge in [-0.25, -0.2) is 4.99 Å². The van der Waals surface area contributed by atoms with Crippen molar-refractivity contribution in [3.63, 3.8) is 0 Å². The maximum absolute atomic E-state index is 5.75. The Labute approximate surface area is 73.5 Å². The van der Waals surface area contributed by atoms with Crippen LogP contribution in [0.25, 0.3) is 0 Å². The summed E-state index contributed by atoms with van der Waals surface area (Å²) in [6.07, 6.45) is 6.20. The van der Waals surface area contributed by atoms with E-state index in [9.17, 15) is 0 Å². The molecule has 0 aromatic heterocycles. The normalized spacial score (nSPS) is 15.4. The average Bonchev–Trinajstić information content (AvgIpc) is 2.00. The van der Waals surface area contributed by atoms with Crippen LogP contribution in [0.15, 0.2) is 28.9 Å². The molecule has 0 amide bonds. The van der Waals surface area contributed by atoms with E-state index in [4.69, 9.17) is 11.6 Å². The van der Waals surface area contributed by atoms with Crippen molar-refractivity contribution in [2.45, 2.75) is 20.3 Å². The van der Waals surface area contributed by atoms with Gasteiger partial charge in [0, 0.05) is 6.21 Å². The molecule has 0 bridgehead atoms. The lowest BCUT2D eigenvalue weighted by Gasteiger charge is -1.98. The minimum Gasteiger partial charge on any atom is -0.245 e. The van der Waals surface area contributed by atoms with Crippen molar-refractivity contribution < 1.29 is 0 Å². The number of nitrogens with zero attached hydrogens (tertiary/aromatic N) is 1. The summed E-state index contributed by atoms with van der Waals surface area (Å²) in [5.41, 5.74) is 0. The summed E-state index contributed by atoms with van der Waals surface area (Å²) in [7, 11) is 0. The van der Waals surface area contributed by atoms with Crippen molar-refractivity contribution in [3.05, 3.63) is 23.9 Å². The molecule has 0 spiro atoms. The van der Waals surface area contributed by atoms with E-state index in [-0.39, 0.29) is 0 Å². The highest BCUT2D eigenvalue weighted by Crippen LogP contribution is 2.10. The van der Waals surface area contributed by atoms with Crippen LogP contribution >= 0.6 is 11.6 Å². The molecule has 0 saturated carbocycles. The second-order valence-electron chi connectivity index (χ2n) is 2.39. The van der Waals surface area contributed by atoms with Gasteiger partial charge in [0.25, 0.3) is 0 Å². The standard InChI is InChI=1S/C9H14ClN/c1-4-6-11-9(10)7-8(3)5-2/h4,6-8H,1,5H2,2-3H3/b9-7-,11-6-. The molecule has 0 fully saturated rings. The van der Waals surface area contributed by atoms with E-state index < -0.39 is 0 Å². The number of halogens is 1. The van der Waals surface area contributed by atoms with Gasteiger partial charge in [0.05, 0.1) is 0 Å². The van der Waals surface area contributed by atoms with Crippen LogP contribution in [0, 0.1) is 5.92 Å². The van der Waals surface area contributed by atoms with Gasteiger partial charge in [-0.3, -0.25) is 0 Å². The van der Waals surface area contributed by atoms with Gasteiger partial charge in [0.1, 0.15) is 5.16 Å². The Hall–Kier alpha value is -0.560. The van der Waals surface area contributed by atoms with E-state index in [0.29, 0.717) is 11.1 Å². The second-order valence-corrected chi connectivity index (χ2v) is 2.78. The molecule has 62 valence electrons. The lowest BCUT2D eigenvalue weighted by Crippen LogP contribution is -1.85. The first-order valence-corrected chi connectivity index (χ1v) is 4.11. The van der Waals surface area contributed by atoms with E-state index in [2.05, 4.69) is 25.4 Å². The monoisotopic (exact) mass is 171 g/mol. The fourth-order valence-corrected chi connectivity index (χ4v) is 0.791. The van der Waals surface area contributed by atoms with Gasteiger partial charge in [-0.05, 0) is 18.4 Å². The first-order chi connectivity index (χ1) is 5.20. The summed E-state index contributed by atoms with van der Waals surface area (Å²) in [4.78, 5) is 3.91. The van der Waals surface area contributed by atoms with Gasteiger partial charge >= 0.3 is 0 Å². The molecule has 1 atom stereocenters. The van der Waals surface area contributed by atoms with Gasteiger partial charge in [-0.1, -0.05) is 38.1 Å². The van der Waals surface area contributed by atoms with Crippen molar-refractivity contribution in [3.8, 4) is 0 Å². The Kier molecular flexibility index (Phi) is 5.86. The molecule has 0 radical (unpaired) electrons. The van der Waals surface area contributed by atoms with Gasteiger partial charge in [0.2, 0.25) is 0 Å². The molecule has 0 aromatic carbocycles. The summed E-state index contributed by atoms with van der Waals surface area (Å²) < 4.78 is 0. The largest absolute Gasteiger partial charge is 0.245 e. The van der Waals surface area contributed by atoms with E-state index in [1.54, 1.807) is 12.3 Å². The van der Waals surface area contributed by atoms with Crippen LogP contribution < -0.4 is 0 Å². The van der Waals surface area contributed by atoms with Crippen molar-refractivity contribution >= 4 is 17.8 Å². The summed E-state index contributed by atoms with van der Waals surface area (Å²) in [6.45, 7) is 7.71. The van der Waals surface area contributed by atoms with E-state index in [0.717, 1.165) is 6.42 Å². The number of allylic oxidation sites excluding steroid dienone is 2. The predicted octanol–water partition coefficient (Wildman–Crippen LogP) is 3.37. The average molecular weight is 172 g/mol. The van der Waals surface area contributed by atoms with Crippen LogP contribution in [0.2, 0.25) is 0 Å². The van der Waals surface area contributed by atoms with Crippen LogP contribution in [-0.4, -0.2) is 6.21 Å². The Morgan fingerprint density at radius 1 is 1.73 bits per heavy atom. The maximum atomic E-state index is 5.75. The Bertz CT molecular complexity index is 170. The van der Waals surface area contributed by atoms with Crippen LogP contribution in [0.5, 0.6) is 0 Å². The third kappa shape index (κ3) is 5.86. The summed E-state index contributed by atoms with van der Waals surface area (Å²) in [6, 6.07) is 0. The zero-order chi connectivity index (χ0) is 8.69. The molecule has 0 aromatic rings. The lowest BCUT2D eigenvalue weighted by atomic mass is 10.1. The summed E-state index contributed by atoms with van der Waals surface area (Å²) in [5, 5.41) is 0.541. The predicted molar refractivity (Wildman–Crippen MR) is 52.1 cm³/mol. The molecule has 0 N–H and O–H groups in total. The Balaban J connectivity index is 3.98. The summed E-state index contributed by atoms with van der Waals surface area (Å²) in [5.74, 6) is 0.490. The van der Waals surface area contributed by atoms with Crippen molar-refractivity contribution in [2.75, 3.05) is 0 Å². The van der Waals surface area contributed by atoms with Crippen LogP contribution in [-0.2, 0) is 0 Å². The number of hydrogen-bond donors (Lipinski definition) is 0. The molecule has 1 unspecified atom stereocenters. The number of rotatable bonds is 4. The van der Waals surface area contributed by atoms with E-state index in [1.807, 2.05) is 6.08 Å². The summed E-state index contributed by atoms with van der Waals surface area (Å²) >= 11 is 5.75. The lowest BCUT2D eigenvalue weighted by molar-refractivity contribution is 0.695. The van der Waals surface area contributed by atoms with Crippen LogP contribution in [0.1, 0.15) is 20.3 Å². The fraction of sp³-hybridized carbons (Fsp3) is 0.444. The molecule has 0 aliphatic carbocycles. The molecular formula is C9H14ClN. The molecule has 2 heteroatoms. The smallest absolute Gasteiger partial charge is 0.125 e. The molecule has 0 aliphatic heterocycles. The first kappa shape index (κ1) is 10.4. The first-order valence-electron chi connectivity index (χ1n) is 3.73.